The summed E-state index contributed by atoms with van der Waals surface area (Å²) in [4.78, 5) is 21.7. The number of carbonyl (C=O) groups is 1. The summed E-state index contributed by atoms with van der Waals surface area (Å²) in [5, 5.41) is 3.39. The normalized spacial score (nSPS) is 16.0. The SMILES string of the molecule is Cc1cnc(CN(C)C(=O)c2cccc(CC3CCNC3)c2)[nH]1.Cl.Cl. The van der Waals surface area contributed by atoms with E-state index in [-0.39, 0.29) is 30.7 Å². The molecule has 25 heavy (non-hydrogen) atoms. The van der Waals surface area contributed by atoms with E-state index in [1.807, 2.05) is 32.2 Å². The summed E-state index contributed by atoms with van der Waals surface area (Å²) in [6, 6.07) is 8.02. The highest BCUT2D eigenvalue weighted by molar-refractivity contribution is 5.94. The summed E-state index contributed by atoms with van der Waals surface area (Å²) in [7, 11) is 1.81. The molecule has 1 aliphatic rings. The topological polar surface area (TPSA) is 61.0 Å². The Morgan fingerprint density at radius 1 is 1.36 bits per heavy atom. The van der Waals surface area contributed by atoms with Crippen LogP contribution in [0.15, 0.2) is 30.5 Å². The van der Waals surface area contributed by atoms with E-state index in [1.165, 1.54) is 12.0 Å². The molecule has 0 radical (unpaired) electrons. The number of aromatic nitrogens is 2. The lowest BCUT2D eigenvalue weighted by atomic mass is 9.97. The number of hydrogen-bond acceptors (Lipinski definition) is 3. The fraction of sp³-hybridized carbons (Fsp3) is 0.444. The number of imidazole rings is 1. The van der Waals surface area contributed by atoms with Crippen molar-refractivity contribution >= 4 is 30.7 Å². The summed E-state index contributed by atoms with van der Waals surface area (Å²) < 4.78 is 0. The zero-order valence-corrected chi connectivity index (χ0v) is 16.3. The molecule has 5 nitrogen and oxygen atoms in total. The number of H-pyrrole nitrogens is 1. The van der Waals surface area contributed by atoms with Gasteiger partial charge in [0.1, 0.15) is 5.82 Å². The molecular weight excluding hydrogens is 359 g/mol. The van der Waals surface area contributed by atoms with Gasteiger partial charge in [-0.2, -0.15) is 0 Å². The number of halogens is 2. The maximum atomic E-state index is 12.6. The van der Waals surface area contributed by atoms with Gasteiger partial charge >= 0.3 is 0 Å². The molecule has 2 heterocycles. The van der Waals surface area contributed by atoms with Gasteiger partial charge in [0.15, 0.2) is 0 Å². The summed E-state index contributed by atoms with van der Waals surface area (Å²) >= 11 is 0. The minimum Gasteiger partial charge on any atom is -0.345 e. The van der Waals surface area contributed by atoms with Gasteiger partial charge in [0.25, 0.3) is 5.91 Å². The van der Waals surface area contributed by atoms with Gasteiger partial charge in [-0.1, -0.05) is 12.1 Å². The van der Waals surface area contributed by atoms with Gasteiger partial charge in [-0.25, -0.2) is 4.98 Å². The first kappa shape index (κ1) is 21.5. The van der Waals surface area contributed by atoms with Crippen LogP contribution in [0.4, 0.5) is 0 Å². The van der Waals surface area contributed by atoms with E-state index in [0.717, 1.165) is 36.6 Å². The van der Waals surface area contributed by atoms with E-state index in [2.05, 4.69) is 21.4 Å². The highest BCUT2D eigenvalue weighted by Gasteiger charge is 2.17. The molecular formula is C18H26Cl2N4O. The third-order valence-electron chi connectivity index (χ3n) is 4.35. The van der Waals surface area contributed by atoms with E-state index < -0.39 is 0 Å². The standard InChI is InChI=1S/C18H24N4O.2ClH/c1-13-10-20-17(21-13)12-22(2)18(23)16-5-3-4-14(9-16)8-15-6-7-19-11-15;;/h3-5,9-10,15,19H,6-8,11-12H2,1-2H3,(H,20,21);2*1H. The Morgan fingerprint density at radius 2 is 2.16 bits per heavy atom. The smallest absolute Gasteiger partial charge is 0.254 e. The molecule has 1 fully saturated rings. The molecule has 2 N–H and O–H groups in total. The maximum absolute atomic E-state index is 12.6. The molecule has 0 saturated carbocycles. The highest BCUT2D eigenvalue weighted by atomic mass is 35.5. The number of carbonyl (C=O) groups excluding carboxylic acids is 1. The number of benzene rings is 1. The van der Waals surface area contributed by atoms with Crippen molar-refractivity contribution in [2.75, 3.05) is 20.1 Å². The van der Waals surface area contributed by atoms with Gasteiger partial charge < -0.3 is 15.2 Å². The molecule has 0 spiro atoms. The number of hydrogen-bond donors (Lipinski definition) is 2. The number of nitrogens with zero attached hydrogens (tertiary/aromatic N) is 2. The molecule has 0 bridgehead atoms. The molecule has 7 heteroatoms. The van der Waals surface area contributed by atoms with Crippen molar-refractivity contribution in [2.24, 2.45) is 5.92 Å². The Hall–Kier alpha value is -1.56. The predicted molar refractivity (Wildman–Crippen MR) is 105 cm³/mol. The second-order valence-corrected chi connectivity index (χ2v) is 6.44. The van der Waals surface area contributed by atoms with Gasteiger partial charge in [-0.3, -0.25) is 4.79 Å². The molecule has 1 aromatic heterocycles. The minimum atomic E-state index is 0. The van der Waals surface area contributed by atoms with Gasteiger partial charge in [-0.15, -0.1) is 24.8 Å². The largest absolute Gasteiger partial charge is 0.345 e. The summed E-state index contributed by atoms with van der Waals surface area (Å²) in [6.45, 7) is 4.63. The molecule has 138 valence electrons. The third kappa shape index (κ3) is 5.73. The van der Waals surface area contributed by atoms with Crippen molar-refractivity contribution in [1.29, 1.82) is 0 Å². The van der Waals surface area contributed by atoms with Crippen molar-refractivity contribution < 1.29 is 4.79 Å². The van der Waals surface area contributed by atoms with Crippen molar-refractivity contribution in [2.45, 2.75) is 26.3 Å². The summed E-state index contributed by atoms with van der Waals surface area (Å²) in [5.41, 5.74) is 3.00. The van der Waals surface area contributed by atoms with Crippen molar-refractivity contribution in [3.8, 4) is 0 Å². The van der Waals surface area contributed by atoms with Crippen LogP contribution in [0.1, 0.15) is 33.9 Å². The maximum Gasteiger partial charge on any atom is 0.254 e. The van der Waals surface area contributed by atoms with E-state index in [1.54, 1.807) is 11.1 Å². The second-order valence-electron chi connectivity index (χ2n) is 6.44. The van der Waals surface area contributed by atoms with Gasteiger partial charge in [0.05, 0.1) is 6.54 Å². The van der Waals surface area contributed by atoms with Gasteiger partial charge in [-0.05, 0) is 56.5 Å². The van der Waals surface area contributed by atoms with E-state index in [4.69, 9.17) is 0 Å². The van der Waals surface area contributed by atoms with Crippen LogP contribution in [0.5, 0.6) is 0 Å². The van der Waals surface area contributed by atoms with Crippen LogP contribution in [0, 0.1) is 12.8 Å². The first-order valence-electron chi connectivity index (χ1n) is 8.17. The predicted octanol–water partition coefficient (Wildman–Crippen LogP) is 2.99. The van der Waals surface area contributed by atoms with Crippen LogP contribution in [-0.4, -0.2) is 40.9 Å². The summed E-state index contributed by atoms with van der Waals surface area (Å²) in [5.74, 6) is 1.53. The Balaban J connectivity index is 0.00000156. The second kappa shape index (κ2) is 9.80. The number of nitrogens with one attached hydrogen (secondary N) is 2. The molecule has 1 saturated heterocycles. The molecule has 1 amide bonds. The molecule has 0 aliphatic carbocycles. The average Bonchev–Trinajstić information content (AvgIpc) is 3.18. The number of rotatable bonds is 5. The zero-order chi connectivity index (χ0) is 16.2. The van der Waals surface area contributed by atoms with E-state index in [9.17, 15) is 4.79 Å². The highest BCUT2D eigenvalue weighted by Crippen LogP contribution is 2.17. The molecule has 1 atom stereocenters. The third-order valence-corrected chi connectivity index (χ3v) is 4.35. The van der Waals surface area contributed by atoms with E-state index >= 15 is 0 Å². The quantitative estimate of drug-likeness (QED) is 0.832. The number of aryl methyl sites for hydroxylation is 1. The lowest BCUT2D eigenvalue weighted by molar-refractivity contribution is 0.0781. The molecule has 2 aromatic rings. The number of aromatic amines is 1. The number of amides is 1. The van der Waals surface area contributed by atoms with Gasteiger partial charge in [0, 0.05) is 24.5 Å². The molecule has 1 aliphatic heterocycles. The molecule has 3 rings (SSSR count). The fourth-order valence-electron chi connectivity index (χ4n) is 3.12. The lowest BCUT2D eigenvalue weighted by Crippen LogP contribution is -2.26. The van der Waals surface area contributed by atoms with Crippen molar-refractivity contribution in [3.05, 3.63) is 53.1 Å². The summed E-state index contributed by atoms with van der Waals surface area (Å²) in [6.07, 6.45) is 4.04. The van der Waals surface area contributed by atoms with Crippen LogP contribution in [0.25, 0.3) is 0 Å². The first-order chi connectivity index (χ1) is 11.1. The molecule has 1 aromatic carbocycles. The molecule has 1 unspecified atom stereocenters. The van der Waals surface area contributed by atoms with Crippen molar-refractivity contribution in [1.82, 2.24) is 20.2 Å². The Labute approximate surface area is 161 Å². The average molecular weight is 385 g/mol. The van der Waals surface area contributed by atoms with Crippen LogP contribution < -0.4 is 5.32 Å². The Morgan fingerprint density at radius 3 is 2.80 bits per heavy atom. The Bertz CT molecular complexity index is 683. The monoisotopic (exact) mass is 384 g/mol. The lowest BCUT2D eigenvalue weighted by Gasteiger charge is -2.17. The van der Waals surface area contributed by atoms with Crippen LogP contribution in [0.3, 0.4) is 0 Å². The van der Waals surface area contributed by atoms with Crippen LogP contribution in [0.2, 0.25) is 0 Å². The van der Waals surface area contributed by atoms with Crippen molar-refractivity contribution in [3.63, 3.8) is 0 Å². The van der Waals surface area contributed by atoms with Gasteiger partial charge in [0.2, 0.25) is 0 Å². The minimum absolute atomic E-state index is 0. The fourth-order valence-corrected chi connectivity index (χ4v) is 3.12. The van der Waals surface area contributed by atoms with E-state index in [0.29, 0.717) is 12.5 Å². The first-order valence-corrected chi connectivity index (χ1v) is 8.17. The van der Waals surface area contributed by atoms with Crippen LogP contribution in [-0.2, 0) is 13.0 Å². The zero-order valence-electron chi connectivity index (χ0n) is 14.6. The van der Waals surface area contributed by atoms with Crippen LogP contribution >= 0.6 is 24.8 Å². The Kier molecular flexibility index (Phi) is 8.42.